The maximum atomic E-state index is 11.9. The van der Waals surface area contributed by atoms with E-state index in [2.05, 4.69) is 15.2 Å². The zero-order valence-corrected chi connectivity index (χ0v) is 16.4. The van der Waals surface area contributed by atoms with Gasteiger partial charge in [-0.1, -0.05) is 13.8 Å². The molecule has 1 amide bonds. The van der Waals surface area contributed by atoms with Crippen LogP contribution in [-0.2, 0) is 40.9 Å². The lowest BCUT2D eigenvalue weighted by Gasteiger charge is -2.18. The summed E-state index contributed by atoms with van der Waals surface area (Å²) >= 11 is 0. The van der Waals surface area contributed by atoms with Crippen LogP contribution in [0.5, 0.6) is 0 Å². The predicted molar refractivity (Wildman–Crippen MR) is 92.8 cm³/mol. The van der Waals surface area contributed by atoms with Gasteiger partial charge in [0.05, 0.1) is 13.3 Å². The summed E-state index contributed by atoms with van der Waals surface area (Å²) in [6.45, 7) is 2.43. The minimum Gasteiger partial charge on any atom is -0.467 e. The molecule has 0 bridgehead atoms. The average molecular weight is 404 g/mol. The Balaban J connectivity index is 2.46. The molecule has 11 nitrogen and oxygen atoms in total. The van der Waals surface area contributed by atoms with Crippen molar-refractivity contribution in [3.63, 3.8) is 0 Å². The smallest absolute Gasteiger partial charge is 0.328 e. The van der Waals surface area contributed by atoms with Crippen LogP contribution >= 0.6 is 0 Å². The standard InChI is InChI=1S/C15H24N4O7S/c1-10(2)5-12(15(22)25-4)18-13(20)9-26-14(21)7-17-27(23,24)11-6-16-19(3)8-11/h6,8,10,12,17H,5,7,9H2,1-4H3,(H,18,20). The van der Waals surface area contributed by atoms with Crippen LogP contribution in [0.25, 0.3) is 0 Å². The second-order valence-corrected chi connectivity index (χ2v) is 7.87. The summed E-state index contributed by atoms with van der Waals surface area (Å²) in [5.41, 5.74) is 0. The Labute approximate surface area is 157 Å². The zero-order chi connectivity index (χ0) is 20.6. The number of ether oxygens (including phenoxy) is 2. The Morgan fingerprint density at radius 2 is 1.96 bits per heavy atom. The van der Waals surface area contributed by atoms with Crippen molar-refractivity contribution in [2.45, 2.75) is 31.2 Å². The fourth-order valence-corrected chi connectivity index (χ4v) is 2.99. The molecule has 0 aromatic carbocycles. The van der Waals surface area contributed by atoms with E-state index in [-0.39, 0.29) is 10.8 Å². The van der Waals surface area contributed by atoms with Crippen molar-refractivity contribution in [1.29, 1.82) is 0 Å². The third-order valence-corrected chi connectivity index (χ3v) is 4.65. The highest BCUT2D eigenvalue weighted by Crippen LogP contribution is 2.07. The number of hydrogen-bond donors (Lipinski definition) is 2. The monoisotopic (exact) mass is 404 g/mol. The summed E-state index contributed by atoms with van der Waals surface area (Å²) < 4.78 is 36.5. The lowest BCUT2D eigenvalue weighted by Crippen LogP contribution is -2.44. The van der Waals surface area contributed by atoms with E-state index in [0.717, 1.165) is 6.20 Å². The summed E-state index contributed by atoms with van der Waals surface area (Å²) in [6, 6.07) is -0.856. The summed E-state index contributed by atoms with van der Waals surface area (Å²) in [7, 11) is -1.16. The van der Waals surface area contributed by atoms with E-state index in [0.29, 0.717) is 6.42 Å². The maximum Gasteiger partial charge on any atom is 0.328 e. The van der Waals surface area contributed by atoms with Gasteiger partial charge in [0.25, 0.3) is 5.91 Å². The summed E-state index contributed by atoms with van der Waals surface area (Å²) in [4.78, 5) is 35.0. The summed E-state index contributed by atoms with van der Waals surface area (Å²) in [5.74, 6) is -2.13. The van der Waals surface area contributed by atoms with Crippen LogP contribution < -0.4 is 10.0 Å². The average Bonchev–Trinajstić information content (AvgIpc) is 3.04. The fraction of sp³-hybridized carbons (Fsp3) is 0.600. The number of nitrogens with zero attached hydrogens (tertiary/aromatic N) is 2. The van der Waals surface area contributed by atoms with Gasteiger partial charge in [0, 0.05) is 13.2 Å². The molecule has 0 fully saturated rings. The summed E-state index contributed by atoms with van der Waals surface area (Å²) in [5, 5.41) is 6.14. The van der Waals surface area contributed by atoms with Crippen molar-refractivity contribution in [1.82, 2.24) is 19.8 Å². The molecule has 0 aliphatic heterocycles. The van der Waals surface area contributed by atoms with Crippen molar-refractivity contribution >= 4 is 27.9 Å². The van der Waals surface area contributed by atoms with Crippen LogP contribution in [0.15, 0.2) is 17.3 Å². The quantitative estimate of drug-likeness (QED) is 0.470. The predicted octanol–water partition coefficient (Wildman–Crippen LogP) is -1.05. The van der Waals surface area contributed by atoms with Crippen LogP contribution in [0, 0.1) is 5.92 Å². The van der Waals surface area contributed by atoms with Crippen molar-refractivity contribution in [3.05, 3.63) is 12.4 Å². The number of aromatic nitrogens is 2. The second-order valence-electron chi connectivity index (χ2n) is 6.11. The molecule has 0 aliphatic rings. The fourth-order valence-electron chi connectivity index (χ4n) is 2.04. The first kappa shape index (κ1) is 22.6. The van der Waals surface area contributed by atoms with Crippen molar-refractivity contribution < 1.29 is 32.3 Å². The molecule has 1 rings (SSSR count). The van der Waals surface area contributed by atoms with Crippen LogP contribution in [0.1, 0.15) is 20.3 Å². The first-order chi connectivity index (χ1) is 12.5. The zero-order valence-electron chi connectivity index (χ0n) is 15.6. The molecule has 1 atom stereocenters. The number of carbonyl (C=O) groups excluding carboxylic acids is 3. The van der Waals surface area contributed by atoms with Gasteiger partial charge < -0.3 is 14.8 Å². The number of sulfonamides is 1. The van der Waals surface area contributed by atoms with E-state index in [1.807, 2.05) is 18.6 Å². The lowest BCUT2D eigenvalue weighted by molar-refractivity contribution is -0.149. The van der Waals surface area contributed by atoms with Crippen molar-refractivity contribution in [2.24, 2.45) is 13.0 Å². The maximum absolute atomic E-state index is 11.9. The van der Waals surface area contributed by atoms with Gasteiger partial charge in [-0.2, -0.15) is 9.82 Å². The van der Waals surface area contributed by atoms with Gasteiger partial charge in [-0.15, -0.1) is 0 Å². The van der Waals surface area contributed by atoms with Gasteiger partial charge in [0.1, 0.15) is 17.5 Å². The van der Waals surface area contributed by atoms with Gasteiger partial charge in [-0.25, -0.2) is 13.2 Å². The Kier molecular flexibility index (Phi) is 8.37. The molecule has 12 heteroatoms. The van der Waals surface area contributed by atoms with Gasteiger partial charge in [-0.05, 0) is 12.3 Å². The first-order valence-corrected chi connectivity index (χ1v) is 9.54. The summed E-state index contributed by atoms with van der Waals surface area (Å²) in [6.07, 6.45) is 2.75. The highest BCUT2D eigenvalue weighted by atomic mass is 32.2. The largest absolute Gasteiger partial charge is 0.467 e. The van der Waals surface area contributed by atoms with E-state index in [4.69, 9.17) is 4.74 Å². The number of hydrogen-bond acceptors (Lipinski definition) is 8. The van der Waals surface area contributed by atoms with Gasteiger partial charge in [0.2, 0.25) is 10.0 Å². The molecule has 0 aliphatic carbocycles. The molecule has 1 unspecified atom stereocenters. The van der Waals surface area contributed by atoms with Crippen LogP contribution in [-0.4, -0.2) is 62.3 Å². The third-order valence-electron chi connectivity index (χ3n) is 3.29. The Hall–Kier alpha value is -2.47. The van der Waals surface area contributed by atoms with Crippen LogP contribution in [0.2, 0.25) is 0 Å². The highest BCUT2D eigenvalue weighted by molar-refractivity contribution is 7.89. The molecular weight excluding hydrogens is 380 g/mol. The van der Waals surface area contributed by atoms with E-state index >= 15 is 0 Å². The molecule has 1 heterocycles. The number of rotatable bonds is 10. The van der Waals surface area contributed by atoms with Crippen molar-refractivity contribution in [3.8, 4) is 0 Å². The SMILES string of the molecule is COC(=O)C(CC(C)C)NC(=O)COC(=O)CNS(=O)(=O)c1cnn(C)c1. The Morgan fingerprint density at radius 1 is 1.30 bits per heavy atom. The van der Waals surface area contributed by atoms with E-state index < -0.39 is 47.1 Å². The minimum atomic E-state index is -3.92. The Bertz CT molecular complexity index is 773. The molecule has 0 saturated heterocycles. The van der Waals surface area contributed by atoms with Gasteiger partial charge >= 0.3 is 11.9 Å². The van der Waals surface area contributed by atoms with Crippen molar-refractivity contribution in [2.75, 3.05) is 20.3 Å². The number of aryl methyl sites for hydroxylation is 1. The highest BCUT2D eigenvalue weighted by Gasteiger charge is 2.23. The van der Waals surface area contributed by atoms with Gasteiger partial charge in [-0.3, -0.25) is 14.3 Å². The van der Waals surface area contributed by atoms with E-state index in [1.165, 1.54) is 18.0 Å². The second kappa shape index (κ2) is 10.0. The molecule has 1 aromatic rings. The first-order valence-electron chi connectivity index (χ1n) is 8.06. The molecule has 152 valence electrons. The van der Waals surface area contributed by atoms with Crippen LogP contribution in [0.3, 0.4) is 0 Å². The normalized spacial score (nSPS) is 12.5. The van der Waals surface area contributed by atoms with E-state index in [9.17, 15) is 22.8 Å². The molecular formula is C15H24N4O7S. The number of carbonyl (C=O) groups is 3. The van der Waals surface area contributed by atoms with E-state index in [1.54, 1.807) is 7.05 Å². The molecule has 0 spiro atoms. The number of methoxy groups -OCH3 is 1. The van der Waals surface area contributed by atoms with Gasteiger partial charge in [0.15, 0.2) is 6.61 Å². The molecule has 1 aromatic heterocycles. The number of esters is 2. The number of nitrogens with one attached hydrogen (secondary N) is 2. The number of amides is 1. The molecule has 0 saturated carbocycles. The minimum absolute atomic E-state index is 0.106. The topological polar surface area (TPSA) is 146 Å². The molecule has 27 heavy (non-hydrogen) atoms. The van der Waals surface area contributed by atoms with Crippen LogP contribution in [0.4, 0.5) is 0 Å². The Morgan fingerprint density at radius 3 is 2.48 bits per heavy atom. The lowest BCUT2D eigenvalue weighted by atomic mass is 10.0. The third kappa shape index (κ3) is 7.74. The molecule has 2 N–H and O–H groups in total. The molecule has 0 radical (unpaired) electrons.